The van der Waals surface area contributed by atoms with Gasteiger partial charge in [0.15, 0.2) is 11.0 Å². The number of hydrogen-bond donors (Lipinski definition) is 1. The van der Waals surface area contributed by atoms with Gasteiger partial charge in [0.05, 0.1) is 0 Å². The zero-order valence-electron chi connectivity index (χ0n) is 7.93. The number of carbonyl (C=O) groups is 1. The summed E-state index contributed by atoms with van der Waals surface area (Å²) < 4.78 is 0. The maximum atomic E-state index is 10.9. The summed E-state index contributed by atoms with van der Waals surface area (Å²) in [5.41, 5.74) is 0. The Morgan fingerprint density at radius 3 is 2.93 bits per heavy atom. The van der Waals surface area contributed by atoms with Crippen molar-refractivity contribution in [2.24, 2.45) is 0 Å². The minimum absolute atomic E-state index is 0.310. The molecule has 0 radical (unpaired) electrons. The third kappa shape index (κ3) is 2.02. The number of hydrogen-bond acceptors (Lipinski definition) is 4. The van der Waals surface area contributed by atoms with Crippen molar-refractivity contribution < 1.29 is 9.90 Å². The number of rotatable bonds is 2. The molecule has 15 heavy (non-hydrogen) atoms. The highest BCUT2D eigenvalue weighted by Crippen LogP contribution is 2.23. The van der Waals surface area contributed by atoms with E-state index >= 15 is 0 Å². The van der Waals surface area contributed by atoms with Gasteiger partial charge in [0.2, 0.25) is 0 Å². The first kappa shape index (κ1) is 10.2. The average Bonchev–Trinajstić information content (AvgIpc) is 2.67. The largest absolute Gasteiger partial charge is 0.480 e. The topological polar surface area (TPSA) is 66.3 Å². The third-order valence-electron chi connectivity index (χ3n) is 2.45. The van der Waals surface area contributed by atoms with Crippen LogP contribution in [-0.2, 0) is 4.79 Å². The summed E-state index contributed by atoms with van der Waals surface area (Å²) in [5.74, 6) is -0.242. The van der Waals surface area contributed by atoms with Gasteiger partial charge in [0.25, 0.3) is 0 Å². The van der Waals surface area contributed by atoms with Crippen LogP contribution in [0.2, 0.25) is 5.15 Å². The fourth-order valence-electron chi connectivity index (χ4n) is 1.76. The van der Waals surface area contributed by atoms with E-state index in [-0.39, 0.29) is 0 Å². The number of carboxylic acids is 1. The predicted molar refractivity (Wildman–Crippen MR) is 55.0 cm³/mol. The molecular weight excluding hydrogens is 218 g/mol. The first-order chi connectivity index (χ1) is 7.18. The van der Waals surface area contributed by atoms with Gasteiger partial charge in [-0.3, -0.25) is 0 Å². The SMILES string of the molecule is O=C(O)[C@@H]1CCCN1c1ccc(Cl)nn1. The summed E-state index contributed by atoms with van der Waals surface area (Å²) >= 11 is 5.61. The molecule has 1 aliphatic rings. The second kappa shape index (κ2) is 4.02. The van der Waals surface area contributed by atoms with Crippen LogP contribution in [0.15, 0.2) is 12.1 Å². The Labute approximate surface area is 91.7 Å². The Hall–Kier alpha value is -1.36. The fourth-order valence-corrected chi connectivity index (χ4v) is 1.86. The van der Waals surface area contributed by atoms with Crippen molar-refractivity contribution in [3.8, 4) is 0 Å². The van der Waals surface area contributed by atoms with Gasteiger partial charge in [0, 0.05) is 6.54 Å². The number of aliphatic carboxylic acids is 1. The Morgan fingerprint density at radius 1 is 1.53 bits per heavy atom. The van der Waals surface area contributed by atoms with Gasteiger partial charge in [-0.15, -0.1) is 10.2 Å². The molecule has 1 N–H and O–H groups in total. The highest BCUT2D eigenvalue weighted by molar-refractivity contribution is 6.29. The van der Waals surface area contributed by atoms with Crippen LogP contribution in [0.25, 0.3) is 0 Å². The van der Waals surface area contributed by atoms with Crippen molar-refractivity contribution in [1.29, 1.82) is 0 Å². The van der Waals surface area contributed by atoms with Crippen molar-refractivity contribution in [3.63, 3.8) is 0 Å². The van der Waals surface area contributed by atoms with Crippen LogP contribution in [0.1, 0.15) is 12.8 Å². The van der Waals surface area contributed by atoms with Crippen molar-refractivity contribution in [2.75, 3.05) is 11.4 Å². The zero-order valence-corrected chi connectivity index (χ0v) is 8.68. The molecule has 0 spiro atoms. The monoisotopic (exact) mass is 227 g/mol. The summed E-state index contributed by atoms with van der Waals surface area (Å²) in [6.07, 6.45) is 1.51. The quantitative estimate of drug-likeness (QED) is 0.822. The zero-order chi connectivity index (χ0) is 10.8. The molecule has 1 aromatic rings. The molecule has 0 saturated carbocycles. The molecule has 1 aromatic heterocycles. The molecule has 0 bridgehead atoms. The molecule has 1 fully saturated rings. The van der Waals surface area contributed by atoms with E-state index in [1.165, 1.54) is 0 Å². The molecule has 0 aliphatic carbocycles. The van der Waals surface area contributed by atoms with Crippen LogP contribution >= 0.6 is 11.6 Å². The van der Waals surface area contributed by atoms with Gasteiger partial charge in [-0.05, 0) is 25.0 Å². The molecule has 0 unspecified atom stereocenters. The molecule has 6 heteroatoms. The first-order valence-electron chi connectivity index (χ1n) is 4.67. The molecule has 1 saturated heterocycles. The molecule has 1 atom stereocenters. The smallest absolute Gasteiger partial charge is 0.326 e. The van der Waals surface area contributed by atoms with Crippen molar-refractivity contribution in [3.05, 3.63) is 17.3 Å². The van der Waals surface area contributed by atoms with Gasteiger partial charge in [-0.1, -0.05) is 11.6 Å². The van der Waals surface area contributed by atoms with E-state index in [0.717, 1.165) is 6.42 Å². The Kier molecular flexibility index (Phi) is 2.73. The Balaban J connectivity index is 2.22. The van der Waals surface area contributed by atoms with Crippen LogP contribution in [0.4, 0.5) is 5.82 Å². The number of halogens is 1. The summed E-state index contributed by atoms with van der Waals surface area (Å²) in [6.45, 7) is 0.702. The van der Waals surface area contributed by atoms with E-state index in [4.69, 9.17) is 16.7 Å². The molecule has 2 rings (SSSR count). The third-order valence-corrected chi connectivity index (χ3v) is 2.65. The average molecular weight is 228 g/mol. The second-order valence-corrected chi connectivity index (χ2v) is 3.79. The highest BCUT2D eigenvalue weighted by Gasteiger charge is 2.31. The minimum atomic E-state index is -0.816. The maximum absolute atomic E-state index is 10.9. The molecule has 2 heterocycles. The number of nitrogens with zero attached hydrogens (tertiary/aromatic N) is 3. The molecule has 5 nitrogen and oxygen atoms in total. The van der Waals surface area contributed by atoms with Gasteiger partial charge in [-0.25, -0.2) is 4.79 Å². The first-order valence-corrected chi connectivity index (χ1v) is 5.05. The van der Waals surface area contributed by atoms with E-state index < -0.39 is 12.0 Å². The number of carboxylic acid groups (broad SMARTS) is 1. The lowest BCUT2D eigenvalue weighted by molar-refractivity contribution is -0.138. The summed E-state index contributed by atoms with van der Waals surface area (Å²) in [7, 11) is 0. The van der Waals surface area contributed by atoms with Crippen LogP contribution in [-0.4, -0.2) is 33.9 Å². The van der Waals surface area contributed by atoms with Gasteiger partial charge >= 0.3 is 5.97 Å². The maximum Gasteiger partial charge on any atom is 0.326 e. The molecule has 0 aromatic carbocycles. The van der Waals surface area contributed by atoms with E-state index in [2.05, 4.69) is 10.2 Å². The Morgan fingerprint density at radius 2 is 2.33 bits per heavy atom. The second-order valence-electron chi connectivity index (χ2n) is 3.40. The molecule has 1 aliphatic heterocycles. The lowest BCUT2D eigenvalue weighted by atomic mass is 10.2. The fraction of sp³-hybridized carbons (Fsp3) is 0.444. The lowest BCUT2D eigenvalue weighted by Crippen LogP contribution is -2.36. The van der Waals surface area contributed by atoms with Crippen molar-refractivity contribution >= 4 is 23.4 Å². The molecule has 80 valence electrons. The minimum Gasteiger partial charge on any atom is -0.480 e. The normalized spacial score (nSPS) is 20.6. The Bertz CT molecular complexity index is 368. The van der Waals surface area contributed by atoms with Crippen LogP contribution in [0.3, 0.4) is 0 Å². The van der Waals surface area contributed by atoms with Crippen LogP contribution in [0.5, 0.6) is 0 Å². The predicted octanol–water partition coefficient (Wildman–Crippen LogP) is 1.18. The summed E-state index contributed by atoms with van der Waals surface area (Å²) in [4.78, 5) is 12.7. The number of aromatic nitrogens is 2. The molecular formula is C9H10ClN3O2. The number of anilines is 1. The van der Waals surface area contributed by atoms with E-state index in [1.807, 2.05) is 0 Å². The van der Waals surface area contributed by atoms with Gasteiger partial charge in [0.1, 0.15) is 6.04 Å². The van der Waals surface area contributed by atoms with E-state index in [0.29, 0.717) is 23.9 Å². The van der Waals surface area contributed by atoms with Crippen molar-refractivity contribution in [1.82, 2.24) is 10.2 Å². The van der Waals surface area contributed by atoms with E-state index in [1.54, 1.807) is 17.0 Å². The highest BCUT2D eigenvalue weighted by atomic mass is 35.5. The van der Waals surface area contributed by atoms with Gasteiger partial charge < -0.3 is 10.0 Å². The van der Waals surface area contributed by atoms with Gasteiger partial charge in [-0.2, -0.15) is 0 Å². The summed E-state index contributed by atoms with van der Waals surface area (Å²) in [6, 6.07) is 2.82. The lowest BCUT2D eigenvalue weighted by Gasteiger charge is -2.21. The van der Waals surface area contributed by atoms with Crippen LogP contribution in [0, 0.1) is 0 Å². The van der Waals surface area contributed by atoms with Crippen LogP contribution < -0.4 is 4.90 Å². The van der Waals surface area contributed by atoms with Crippen molar-refractivity contribution in [2.45, 2.75) is 18.9 Å². The van der Waals surface area contributed by atoms with E-state index in [9.17, 15) is 4.79 Å². The summed E-state index contributed by atoms with van der Waals surface area (Å²) in [5, 5.41) is 16.9. The standard InChI is InChI=1S/C9H10ClN3O2/c10-7-3-4-8(12-11-7)13-5-1-2-6(13)9(14)15/h3-4,6H,1-2,5H2,(H,14,15)/t6-/m0/s1. The molecule has 0 amide bonds.